The molecule has 0 radical (unpaired) electrons. The number of carbonyl (C=O) groups excluding carboxylic acids is 1. The zero-order valence-electron chi connectivity index (χ0n) is 12.3. The lowest BCUT2D eigenvalue weighted by atomic mass is 10.1. The van der Waals surface area contributed by atoms with Crippen molar-refractivity contribution in [1.29, 1.82) is 0 Å². The lowest BCUT2D eigenvalue weighted by molar-refractivity contribution is 0.103. The van der Waals surface area contributed by atoms with Gasteiger partial charge in [0.25, 0.3) is 0 Å². The van der Waals surface area contributed by atoms with E-state index < -0.39 is 11.6 Å². The molecule has 0 fully saturated rings. The summed E-state index contributed by atoms with van der Waals surface area (Å²) in [7, 11) is 0. The summed E-state index contributed by atoms with van der Waals surface area (Å²) >= 11 is 0. The largest absolute Gasteiger partial charge is 0.287 e. The van der Waals surface area contributed by atoms with Crippen molar-refractivity contribution in [1.82, 2.24) is 24.6 Å². The Balaban J connectivity index is 1.88. The van der Waals surface area contributed by atoms with Gasteiger partial charge >= 0.3 is 0 Å². The summed E-state index contributed by atoms with van der Waals surface area (Å²) in [6, 6.07) is 8.08. The molecule has 0 aliphatic rings. The van der Waals surface area contributed by atoms with Crippen molar-refractivity contribution < 1.29 is 9.18 Å². The van der Waals surface area contributed by atoms with Crippen molar-refractivity contribution in [3.8, 4) is 11.3 Å². The Morgan fingerprint density at radius 2 is 1.88 bits per heavy atom. The van der Waals surface area contributed by atoms with Crippen molar-refractivity contribution in [2.24, 2.45) is 0 Å². The SMILES string of the molecule is O=C(c1ncccc1F)c1cnn2c(-c3cccnc3)ccnc12. The monoisotopic (exact) mass is 319 g/mol. The third-order valence-corrected chi connectivity index (χ3v) is 3.58. The first-order chi connectivity index (χ1) is 11.8. The number of fused-ring (bicyclic) bond motifs is 1. The van der Waals surface area contributed by atoms with E-state index >= 15 is 0 Å². The highest BCUT2D eigenvalue weighted by Gasteiger charge is 2.21. The number of nitrogens with zero attached hydrogens (tertiary/aromatic N) is 5. The Bertz CT molecular complexity index is 1050. The van der Waals surface area contributed by atoms with E-state index in [9.17, 15) is 9.18 Å². The Labute approximate surface area is 135 Å². The van der Waals surface area contributed by atoms with Gasteiger partial charge in [0, 0.05) is 30.4 Å². The normalized spacial score (nSPS) is 10.9. The molecule has 24 heavy (non-hydrogen) atoms. The average Bonchev–Trinajstić information content (AvgIpc) is 3.06. The summed E-state index contributed by atoms with van der Waals surface area (Å²) in [5, 5.41) is 4.23. The summed E-state index contributed by atoms with van der Waals surface area (Å²) in [6.07, 6.45) is 7.68. The number of halogens is 1. The van der Waals surface area contributed by atoms with Crippen molar-refractivity contribution in [2.45, 2.75) is 0 Å². The van der Waals surface area contributed by atoms with Gasteiger partial charge in [0.05, 0.1) is 17.5 Å². The molecule has 0 aliphatic heterocycles. The number of rotatable bonds is 3. The first-order valence-corrected chi connectivity index (χ1v) is 7.14. The molecular weight excluding hydrogens is 309 g/mol. The van der Waals surface area contributed by atoms with E-state index in [0.29, 0.717) is 5.65 Å². The van der Waals surface area contributed by atoms with Gasteiger partial charge in [0.2, 0.25) is 5.78 Å². The number of carbonyl (C=O) groups is 1. The van der Waals surface area contributed by atoms with Crippen molar-refractivity contribution >= 4 is 11.4 Å². The van der Waals surface area contributed by atoms with Crippen LogP contribution in [0.25, 0.3) is 16.9 Å². The Morgan fingerprint density at radius 3 is 2.67 bits per heavy atom. The van der Waals surface area contributed by atoms with Crippen LogP contribution in [-0.4, -0.2) is 30.3 Å². The molecule has 0 saturated carbocycles. The van der Waals surface area contributed by atoms with Crippen LogP contribution in [0.2, 0.25) is 0 Å². The zero-order valence-corrected chi connectivity index (χ0v) is 12.3. The molecule has 0 unspecified atom stereocenters. The highest BCUT2D eigenvalue weighted by Crippen LogP contribution is 2.21. The maximum absolute atomic E-state index is 13.8. The number of ketones is 1. The van der Waals surface area contributed by atoms with E-state index in [1.54, 1.807) is 30.7 Å². The molecule has 0 bridgehead atoms. The molecule has 6 nitrogen and oxygen atoms in total. The molecule has 0 saturated heterocycles. The van der Waals surface area contributed by atoms with E-state index in [1.165, 1.54) is 29.0 Å². The summed E-state index contributed by atoms with van der Waals surface area (Å²) in [6.45, 7) is 0. The first-order valence-electron chi connectivity index (χ1n) is 7.14. The molecule has 0 amide bonds. The number of hydrogen-bond acceptors (Lipinski definition) is 5. The van der Waals surface area contributed by atoms with Crippen LogP contribution in [0.3, 0.4) is 0 Å². The van der Waals surface area contributed by atoms with Crippen LogP contribution >= 0.6 is 0 Å². The highest BCUT2D eigenvalue weighted by atomic mass is 19.1. The van der Waals surface area contributed by atoms with Crippen LogP contribution in [0.5, 0.6) is 0 Å². The molecule has 4 heterocycles. The van der Waals surface area contributed by atoms with E-state index in [0.717, 1.165) is 11.3 Å². The fourth-order valence-corrected chi connectivity index (χ4v) is 2.46. The molecule has 0 atom stereocenters. The fourth-order valence-electron chi connectivity index (χ4n) is 2.46. The van der Waals surface area contributed by atoms with E-state index in [1.807, 2.05) is 6.07 Å². The number of pyridine rings is 2. The zero-order chi connectivity index (χ0) is 16.5. The van der Waals surface area contributed by atoms with E-state index in [4.69, 9.17) is 0 Å². The second-order valence-corrected chi connectivity index (χ2v) is 5.03. The Morgan fingerprint density at radius 1 is 1.00 bits per heavy atom. The quantitative estimate of drug-likeness (QED) is 0.543. The van der Waals surface area contributed by atoms with Gasteiger partial charge in [0.15, 0.2) is 11.5 Å². The molecule has 4 rings (SSSR count). The van der Waals surface area contributed by atoms with Crippen LogP contribution in [0, 0.1) is 5.82 Å². The fraction of sp³-hybridized carbons (Fsp3) is 0. The van der Waals surface area contributed by atoms with Gasteiger partial charge in [-0.25, -0.2) is 18.9 Å². The first kappa shape index (κ1) is 14.1. The average molecular weight is 319 g/mol. The standard InChI is InChI=1S/C17H10FN5O/c18-13-4-2-7-20-15(13)16(24)12-10-22-23-14(5-8-21-17(12)23)11-3-1-6-19-9-11/h1-10H. The van der Waals surface area contributed by atoms with Gasteiger partial charge in [0.1, 0.15) is 5.69 Å². The molecule has 4 aromatic rings. The highest BCUT2D eigenvalue weighted by molar-refractivity contribution is 6.11. The molecule has 4 aromatic heterocycles. The van der Waals surface area contributed by atoms with E-state index in [-0.39, 0.29) is 11.3 Å². The van der Waals surface area contributed by atoms with Crippen molar-refractivity contribution in [3.63, 3.8) is 0 Å². The van der Waals surface area contributed by atoms with Crippen LogP contribution in [0.15, 0.2) is 61.3 Å². The minimum absolute atomic E-state index is 0.193. The molecule has 0 N–H and O–H groups in total. The van der Waals surface area contributed by atoms with Crippen molar-refractivity contribution in [3.05, 3.63) is 78.4 Å². The number of hydrogen-bond donors (Lipinski definition) is 0. The second-order valence-electron chi connectivity index (χ2n) is 5.03. The summed E-state index contributed by atoms with van der Waals surface area (Å²) in [5.74, 6) is -1.23. The third kappa shape index (κ3) is 2.23. The Kier molecular flexibility index (Phi) is 3.31. The molecule has 7 heteroatoms. The van der Waals surface area contributed by atoms with Gasteiger partial charge in [-0.3, -0.25) is 9.78 Å². The van der Waals surface area contributed by atoms with Gasteiger partial charge in [-0.2, -0.15) is 5.10 Å². The molecule has 0 spiro atoms. The minimum atomic E-state index is -0.676. The summed E-state index contributed by atoms with van der Waals surface area (Å²) in [4.78, 5) is 24.7. The number of aromatic nitrogens is 5. The van der Waals surface area contributed by atoms with Crippen LogP contribution in [0.1, 0.15) is 16.1 Å². The maximum Gasteiger partial charge on any atom is 0.219 e. The van der Waals surface area contributed by atoms with Gasteiger partial charge in [-0.1, -0.05) is 0 Å². The van der Waals surface area contributed by atoms with Gasteiger partial charge in [-0.05, 0) is 30.3 Å². The van der Waals surface area contributed by atoms with Crippen molar-refractivity contribution in [2.75, 3.05) is 0 Å². The topological polar surface area (TPSA) is 73.0 Å². The van der Waals surface area contributed by atoms with Crippen LogP contribution in [-0.2, 0) is 0 Å². The second kappa shape index (κ2) is 5.62. The summed E-state index contributed by atoms with van der Waals surface area (Å²) < 4.78 is 15.4. The maximum atomic E-state index is 13.8. The molecular formula is C17H10FN5O. The lowest BCUT2D eigenvalue weighted by Crippen LogP contribution is -2.07. The predicted octanol–water partition coefficient (Wildman–Crippen LogP) is 2.56. The molecule has 0 aromatic carbocycles. The molecule has 116 valence electrons. The van der Waals surface area contributed by atoms with Gasteiger partial charge in [-0.15, -0.1) is 0 Å². The van der Waals surface area contributed by atoms with Gasteiger partial charge < -0.3 is 0 Å². The molecule has 0 aliphatic carbocycles. The third-order valence-electron chi connectivity index (χ3n) is 3.58. The summed E-state index contributed by atoms with van der Waals surface area (Å²) in [5.41, 5.74) is 1.84. The van der Waals surface area contributed by atoms with Crippen LogP contribution < -0.4 is 0 Å². The minimum Gasteiger partial charge on any atom is -0.287 e. The van der Waals surface area contributed by atoms with E-state index in [2.05, 4.69) is 20.1 Å². The van der Waals surface area contributed by atoms with Crippen LogP contribution in [0.4, 0.5) is 4.39 Å². The Hall–Kier alpha value is -3.48. The lowest BCUT2D eigenvalue weighted by Gasteiger charge is -2.04. The predicted molar refractivity (Wildman–Crippen MR) is 83.8 cm³/mol. The smallest absolute Gasteiger partial charge is 0.219 e.